The summed E-state index contributed by atoms with van der Waals surface area (Å²) in [5, 5.41) is 13.0. The zero-order valence-electron chi connectivity index (χ0n) is 21.0. The molecular formula is C28H41NO4. The van der Waals surface area contributed by atoms with Crippen molar-refractivity contribution >= 4 is 17.5 Å². The largest absolute Gasteiger partial charge is 0.393 e. The van der Waals surface area contributed by atoms with Crippen molar-refractivity contribution in [2.45, 2.75) is 105 Å². The molecule has 1 amide bonds. The van der Waals surface area contributed by atoms with Crippen LogP contribution in [0.25, 0.3) is 0 Å². The van der Waals surface area contributed by atoms with Gasteiger partial charge in [0.1, 0.15) is 0 Å². The molecule has 4 rings (SSSR count). The van der Waals surface area contributed by atoms with Crippen molar-refractivity contribution in [1.29, 1.82) is 0 Å². The average Bonchev–Trinajstić information content (AvgIpc) is 3.01. The summed E-state index contributed by atoms with van der Waals surface area (Å²) in [5.74, 6) is 1.44. The van der Waals surface area contributed by atoms with Gasteiger partial charge in [-0.15, -0.1) is 0 Å². The van der Waals surface area contributed by atoms with Gasteiger partial charge in [0.05, 0.1) is 6.10 Å². The summed E-state index contributed by atoms with van der Waals surface area (Å²) in [6.07, 6.45) is 9.39. The van der Waals surface area contributed by atoms with Crippen molar-refractivity contribution in [3.8, 4) is 0 Å². The van der Waals surface area contributed by atoms with Crippen LogP contribution < -0.4 is 5.32 Å². The van der Waals surface area contributed by atoms with E-state index in [1.807, 2.05) is 13.8 Å². The molecule has 0 aromatic rings. The predicted octanol–water partition coefficient (Wildman–Crippen LogP) is 4.68. The van der Waals surface area contributed by atoms with E-state index < -0.39 is 0 Å². The van der Waals surface area contributed by atoms with Crippen molar-refractivity contribution in [1.82, 2.24) is 5.32 Å². The summed E-state index contributed by atoms with van der Waals surface area (Å²) in [6.45, 7) is 9.87. The highest BCUT2D eigenvalue weighted by molar-refractivity contribution is 6.08. The number of nitrogens with one attached hydrogen (secondary N) is 1. The van der Waals surface area contributed by atoms with Gasteiger partial charge in [0.15, 0.2) is 11.6 Å². The molecule has 0 aliphatic heterocycles. The van der Waals surface area contributed by atoms with Gasteiger partial charge in [0.2, 0.25) is 5.91 Å². The fourth-order valence-corrected chi connectivity index (χ4v) is 8.00. The summed E-state index contributed by atoms with van der Waals surface area (Å²) in [7, 11) is 0. The molecule has 33 heavy (non-hydrogen) atoms. The lowest BCUT2D eigenvalue weighted by molar-refractivity contribution is -0.120. The van der Waals surface area contributed by atoms with Crippen LogP contribution in [0, 0.1) is 28.6 Å². The van der Waals surface area contributed by atoms with E-state index >= 15 is 0 Å². The quantitative estimate of drug-likeness (QED) is 0.466. The van der Waals surface area contributed by atoms with Crippen molar-refractivity contribution in [2.75, 3.05) is 0 Å². The number of hydrogen-bond acceptors (Lipinski definition) is 4. The Kier molecular flexibility index (Phi) is 6.50. The highest BCUT2D eigenvalue weighted by Crippen LogP contribution is 2.65. The van der Waals surface area contributed by atoms with Crippen LogP contribution in [0.1, 0.15) is 92.4 Å². The number of aliphatic hydroxyl groups excluding tert-OH is 1. The Hall–Kier alpha value is -1.75. The van der Waals surface area contributed by atoms with Gasteiger partial charge in [-0.2, -0.15) is 0 Å². The zero-order chi connectivity index (χ0) is 24.1. The van der Waals surface area contributed by atoms with Crippen LogP contribution in [0.15, 0.2) is 22.8 Å². The molecule has 182 valence electrons. The number of carbonyl (C=O) groups is 3. The minimum absolute atomic E-state index is 0.0404. The van der Waals surface area contributed by atoms with E-state index in [9.17, 15) is 19.5 Å². The Morgan fingerprint density at radius 3 is 2.52 bits per heavy atom. The molecule has 0 aromatic heterocycles. The molecule has 0 aromatic carbocycles. The topological polar surface area (TPSA) is 83.5 Å². The van der Waals surface area contributed by atoms with Gasteiger partial charge < -0.3 is 10.4 Å². The first kappa shape index (κ1) is 24.4. The van der Waals surface area contributed by atoms with Gasteiger partial charge >= 0.3 is 0 Å². The first-order chi connectivity index (χ1) is 15.5. The summed E-state index contributed by atoms with van der Waals surface area (Å²) in [5.41, 5.74) is 2.80. The van der Waals surface area contributed by atoms with Crippen molar-refractivity contribution in [3.05, 3.63) is 22.8 Å². The number of amides is 1. The summed E-state index contributed by atoms with van der Waals surface area (Å²) in [4.78, 5) is 37.7. The van der Waals surface area contributed by atoms with Gasteiger partial charge in [-0.3, -0.25) is 14.4 Å². The van der Waals surface area contributed by atoms with Gasteiger partial charge in [0.25, 0.3) is 0 Å². The number of Topliss-reactive ketones (excluding diaryl/α,β-unsaturated/α-hetero) is 2. The van der Waals surface area contributed by atoms with E-state index in [-0.39, 0.29) is 40.4 Å². The van der Waals surface area contributed by atoms with E-state index in [0.717, 1.165) is 44.1 Å². The third-order valence-corrected chi connectivity index (χ3v) is 9.77. The van der Waals surface area contributed by atoms with Crippen molar-refractivity contribution in [3.63, 3.8) is 0 Å². The van der Waals surface area contributed by atoms with Gasteiger partial charge in [-0.1, -0.05) is 25.5 Å². The monoisotopic (exact) mass is 455 g/mol. The summed E-state index contributed by atoms with van der Waals surface area (Å²) in [6, 6.07) is -0.0553. The second kappa shape index (κ2) is 8.79. The second-order valence-corrected chi connectivity index (χ2v) is 11.8. The Labute approximate surface area is 198 Å². The first-order valence-electron chi connectivity index (χ1n) is 12.9. The van der Waals surface area contributed by atoms with E-state index in [4.69, 9.17) is 0 Å². The number of allylic oxidation sites excluding steroid dienone is 3. The second-order valence-electron chi connectivity index (χ2n) is 11.8. The Bertz CT molecular complexity index is 917. The van der Waals surface area contributed by atoms with E-state index in [0.29, 0.717) is 42.6 Å². The molecule has 0 saturated heterocycles. The van der Waals surface area contributed by atoms with Crippen LogP contribution in [0.4, 0.5) is 0 Å². The Balaban J connectivity index is 1.56. The Morgan fingerprint density at radius 2 is 1.82 bits per heavy atom. The van der Waals surface area contributed by atoms with E-state index in [2.05, 4.69) is 25.2 Å². The molecule has 0 heterocycles. The van der Waals surface area contributed by atoms with Crippen molar-refractivity contribution < 1.29 is 19.5 Å². The lowest BCUT2D eigenvalue weighted by Gasteiger charge is -2.57. The van der Waals surface area contributed by atoms with Crippen LogP contribution in [0.2, 0.25) is 0 Å². The Morgan fingerprint density at radius 1 is 1.12 bits per heavy atom. The normalized spacial score (nSPS) is 40.2. The molecule has 5 heteroatoms. The van der Waals surface area contributed by atoms with Gasteiger partial charge in [-0.05, 0) is 93.0 Å². The molecule has 0 spiro atoms. The highest BCUT2D eigenvalue weighted by Gasteiger charge is 2.59. The average molecular weight is 456 g/mol. The molecule has 0 unspecified atom stereocenters. The first-order valence-corrected chi connectivity index (χ1v) is 12.9. The maximum atomic E-state index is 13.3. The molecular weight excluding hydrogens is 414 g/mol. The number of fused-ring (bicyclic) bond motifs is 5. The number of aliphatic hydroxyl groups is 1. The predicted molar refractivity (Wildman–Crippen MR) is 128 cm³/mol. The third kappa shape index (κ3) is 4.15. The smallest absolute Gasteiger partial charge is 0.217 e. The molecule has 5 nitrogen and oxygen atoms in total. The molecule has 0 radical (unpaired) electrons. The number of rotatable bonds is 5. The number of hydrogen-bond donors (Lipinski definition) is 2. The highest BCUT2D eigenvalue weighted by atomic mass is 16.3. The standard InChI is InChI=1S/C28H41NO4/c1-16(29-18(3)30)6-9-24(32)17(2)26-25(33)15-23-21-8-7-19-14-20(31)10-12-27(19,4)22(21)11-13-28(23,26)5/h7,16,20-23,31H,6,8-15H2,1-5H3,(H,29,30)/b26-17+/t16-,20-,21-,22-,23-,27+,28+/m1/s1. The number of ketones is 2. The minimum atomic E-state index is -0.225. The SMILES string of the molecule is CC(=O)N[C@H](C)CCC(=O)/C(C)=C1\C(=O)C[C@@H]2[C@@H]3CC=C4C[C@H](O)CC[C@]4(C)[C@@H]3CC[C@]12C. The molecule has 3 fully saturated rings. The number of carbonyl (C=O) groups excluding carboxylic acids is 3. The van der Waals surface area contributed by atoms with E-state index in [1.165, 1.54) is 12.5 Å². The van der Waals surface area contributed by atoms with Crippen LogP contribution in [-0.4, -0.2) is 34.7 Å². The fraction of sp³-hybridized carbons (Fsp3) is 0.750. The fourth-order valence-electron chi connectivity index (χ4n) is 8.00. The van der Waals surface area contributed by atoms with Crippen LogP contribution >= 0.6 is 0 Å². The molecule has 0 bridgehead atoms. The molecule has 4 aliphatic carbocycles. The van der Waals surface area contributed by atoms with Crippen LogP contribution in [-0.2, 0) is 14.4 Å². The van der Waals surface area contributed by atoms with Crippen LogP contribution in [0.3, 0.4) is 0 Å². The molecule has 7 atom stereocenters. The lowest BCUT2D eigenvalue weighted by atomic mass is 9.47. The zero-order valence-corrected chi connectivity index (χ0v) is 21.0. The lowest BCUT2D eigenvalue weighted by Crippen LogP contribution is -2.49. The summed E-state index contributed by atoms with van der Waals surface area (Å²) < 4.78 is 0. The maximum Gasteiger partial charge on any atom is 0.217 e. The minimum Gasteiger partial charge on any atom is -0.393 e. The van der Waals surface area contributed by atoms with Gasteiger partial charge in [0, 0.05) is 31.4 Å². The van der Waals surface area contributed by atoms with Gasteiger partial charge in [-0.25, -0.2) is 0 Å². The van der Waals surface area contributed by atoms with Crippen molar-refractivity contribution in [2.24, 2.45) is 28.6 Å². The molecule has 4 aliphatic rings. The van der Waals surface area contributed by atoms with Crippen LogP contribution in [0.5, 0.6) is 0 Å². The summed E-state index contributed by atoms with van der Waals surface area (Å²) >= 11 is 0. The maximum absolute atomic E-state index is 13.3. The van der Waals surface area contributed by atoms with E-state index in [1.54, 1.807) is 0 Å². The molecule has 3 saturated carbocycles. The molecule has 2 N–H and O–H groups in total. The third-order valence-electron chi connectivity index (χ3n) is 9.77.